The van der Waals surface area contributed by atoms with Gasteiger partial charge >= 0.3 is 0 Å². The molecule has 0 unspecified atom stereocenters. The van der Waals surface area contributed by atoms with E-state index in [1.807, 2.05) is 0 Å². The molecule has 1 N–H and O–H groups in total. The number of hydrogen-bond donors (Lipinski definition) is 1. The predicted molar refractivity (Wildman–Crippen MR) is 76.2 cm³/mol. The van der Waals surface area contributed by atoms with Gasteiger partial charge in [-0.05, 0) is 43.5 Å². The van der Waals surface area contributed by atoms with Gasteiger partial charge in [-0.2, -0.15) is 0 Å². The van der Waals surface area contributed by atoms with Crippen LogP contribution in [-0.4, -0.2) is 20.2 Å². The maximum atomic E-state index is 5.23. The third-order valence-electron chi connectivity index (χ3n) is 3.78. The van der Waals surface area contributed by atoms with E-state index in [9.17, 15) is 0 Å². The summed E-state index contributed by atoms with van der Waals surface area (Å²) in [5, 5.41) is 3.57. The molecule has 1 aromatic carbocycles. The van der Waals surface area contributed by atoms with Crippen LogP contribution in [0.1, 0.15) is 31.7 Å². The molecular weight excluding hydrogens is 222 g/mol. The fourth-order valence-corrected chi connectivity index (χ4v) is 2.63. The van der Waals surface area contributed by atoms with Crippen LogP contribution in [0, 0.1) is 0 Å². The Kier molecular flexibility index (Phi) is 4.43. The molecular formula is C16H23NO. The summed E-state index contributed by atoms with van der Waals surface area (Å²) < 4.78 is 5.23. The minimum Gasteiger partial charge on any atom is -0.497 e. The molecule has 2 rings (SSSR count). The third-order valence-corrected chi connectivity index (χ3v) is 3.78. The van der Waals surface area contributed by atoms with E-state index in [-0.39, 0.29) is 5.41 Å². The van der Waals surface area contributed by atoms with Gasteiger partial charge in [0.15, 0.2) is 0 Å². The molecule has 0 aromatic heterocycles. The molecule has 18 heavy (non-hydrogen) atoms. The van der Waals surface area contributed by atoms with Gasteiger partial charge < -0.3 is 10.1 Å². The molecule has 0 atom stereocenters. The molecule has 0 fully saturated rings. The minimum atomic E-state index is 0.251. The molecule has 2 heteroatoms. The molecule has 2 nitrogen and oxygen atoms in total. The van der Waals surface area contributed by atoms with Crippen LogP contribution in [0.5, 0.6) is 5.75 Å². The molecule has 0 heterocycles. The Morgan fingerprint density at radius 3 is 2.39 bits per heavy atom. The highest BCUT2D eigenvalue weighted by Crippen LogP contribution is 2.37. The van der Waals surface area contributed by atoms with E-state index >= 15 is 0 Å². The molecule has 0 saturated heterocycles. The van der Waals surface area contributed by atoms with E-state index < -0.39 is 0 Å². The van der Waals surface area contributed by atoms with E-state index in [0.717, 1.165) is 31.7 Å². The van der Waals surface area contributed by atoms with Gasteiger partial charge in [0.25, 0.3) is 0 Å². The monoisotopic (exact) mass is 245 g/mol. The Bertz CT molecular complexity index is 386. The summed E-state index contributed by atoms with van der Waals surface area (Å²) >= 11 is 0. The largest absolute Gasteiger partial charge is 0.497 e. The highest BCUT2D eigenvalue weighted by atomic mass is 16.5. The standard InChI is InChI=1S/C16H23NO/c1-3-12-17-13-16(10-4-5-11-16)14-6-8-15(18-2)9-7-14/h4-9,17H,3,10-13H2,1-2H3. The number of methoxy groups -OCH3 is 1. The summed E-state index contributed by atoms with van der Waals surface area (Å²) in [5.41, 5.74) is 1.67. The van der Waals surface area contributed by atoms with Crippen LogP contribution >= 0.6 is 0 Å². The van der Waals surface area contributed by atoms with Crippen LogP contribution in [0.25, 0.3) is 0 Å². The Morgan fingerprint density at radius 1 is 1.17 bits per heavy atom. The second kappa shape index (κ2) is 6.05. The van der Waals surface area contributed by atoms with Gasteiger partial charge in [-0.25, -0.2) is 0 Å². The third kappa shape index (κ3) is 2.75. The zero-order valence-electron chi connectivity index (χ0n) is 11.4. The normalized spacial score (nSPS) is 17.0. The van der Waals surface area contributed by atoms with Crippen LogP contribution in [0.15, 0.2) is 36.4 Å². The van der Waals surface area contributed by atoms with Crippen LogP contribution < -0.4 is 10.1 Å². The summed E-state index contributed by atoms with van der Waals surface area (Å²) in [6, 6.07) is 8.55. The minimum absolute atomic E-state index is 0.251. The SMILES string of the molecule is CCCNCC1(c2ccc(OC)cc2)CC=CC1. The van der Waals surface area contributed by atoms with E-state index in [4.69, 9.17) is 4.74 Å². The molecule has 0 radical (unpaired) electrons. The van der Waals surface area contributed by atoms with Gasteiger partial charge in [0.05, 0.1) is 7.11 Å². The fourth-order valence-electron chi connectivity index (χ4n) is 2.63. The van der Waals surface area contributed by atoms with Crippen molar-refractivity contribution in [1.29, 1.82) is 0 Å². The maximum Gasteiger partial charge on any atom is 0.118 e. The van der Waals surface area contributed by atoms with Gasteiger partial charge in [0.2, 0.25) is 0 Å². The number of allylic oxidation sites excluding steroid dienone is 2. The lowest BCUT2D eigenvalue weighted by Crippen LogP contribution is -2.36. The van der Waals surface area contributed by atoms with Crippen molar-refractivity contribution in [3.05, 3.63) is 42.0 Å². The number of rotatable bonds is 6. The van der Waals surface area contributed by atoms with Crippen LogP contribution in [0.3, 0.4) is 0 Å². The Hall–Kier alpha value is -1.28. The van der Waals surface area contributed by atoms with Crippen molar-refractivity contribution in [3.8, 4) is 5.75 Å². The van der Waals surface area contributed by atoms with Crippen molar-refractivity contribution in [2.24, 2.45) is 0 Å². The summed E-state index contributed by atoms with van der Waals surface area (Å²) in [6.07, 6.45) is 8.06. The molecule has 0 aliphatic heterocycles. The molecule has 0 bridgehead atoms. The van der Waals surface area contributed by atoms with Crippen molar-refractivity contribution in [2.75, 3.05) is 20.2 Å². The number of hydrogen-bond acceptors (Lipinski definition) is 2. The topological polar surface area (TPSA) is 21.3 Å². The average Bonchev–Trinajstić information content (AvgIpc) is 2.89. The first-order valence-corrected chi connectivity index (χ1v) is 6.81. The smallest absolute Gasteiger partial charge is 0.118 e. The second-order valence-electron chi connectivity index (χ2n) is 5.07. The molecule has 0 saturated carbocycles. The zero-order valence-corrected chi connectivity index (χ0v) is 11.4. The van der Waals surface area contributed by atoms with E-state index in [1.54, 1.807) is 7.11 Å². The summed E-state index contributed by atoms with van der Waals surface area (Å²) in [4.78, 5) is 0. The molecule has 1 aliphatic carbocycles. The van der Waals surface area contributed by atoms with Crippen molar-refractivity contribution in [2.45, 2.75) is 31.6 Å². The lowest BCUT2D eigenvalue weighted by atomic mass is 9.78. The highest BCUT2D eigenvalue weighted by Gasteiger charge is 2.32. The van der Waals surface area contributed by atoms with Gasteiger partial charge in [-0.3, -0.25) is 0 Å². The van der Waals surface area contributed by atoms with E-state index in [1.165, 1.54) is 12.0 Å². The summed E-state index contributed by atoms with van der Waals surface area (Å²) in [7, 11) is 1.71. The first-order valence-electron chi connectivity index (χ1n) is 6.81. The molecule has 1 aliphatic rings. The number of benzene rings is 1. The second-order valence-corrected chi connectivity index (χ2v) is 5.07. The Morgan fingerprint density at radius 2 is 1.83 bits per heavy atom. The van der Waals surface area contributed by atoms with E-state index in [2.05, 4.69) is 48.7 Å². The summed E-state index contributed by atoms with van der Waals surface area (Å²) in [5.74, 6) is 0.932. The van der Waals surface area contributed by atoms with Gasteiger partial charge in [-0.1, -0.05) is 31.2 Å². The Labute approximate surface area is 110 Å². The molecule has 0 amide bonds. The van der Waals surface area contributed by atoms with Crippen LogP contribution in [0.4, 0.5) is 0 Å². The van der Waals surface area contributed by atoms with Crippen molar-refractivity contribution >= 4 is 0 Å². The van der Waals surface area contributed by atoms with Crippen molar-refractivity contribution < 1.29 is 4.74 Å². The zero-order chi connectivity index (χ0) is 12.8. The van der Waals surface area contributed by atoms with Gasteiger partial charge in [0, 0.05) is 12.0 Å². The number of nitrogens with one attached hydrogen (secondary N) is 1. The highest BCUT2D eigenvalue weighted by molar-refractivity contribution is 5.35. The Balaban J connectivity index is 2.12. The maximum absolute atomic E-state index is 5.23. The van der Waals surface area contributed by atoms with Crippen molar-refractivity contribution in [1.82, 2.24) is 5.32 Å². The number of ether oxygens (including phenoxy) is 1. The first-order chi connectivity index (χ1) is 8.80. The summed E-state index contributed by atoms with van der Waals surface area (Å²) in [6.45, 7) is 4.36. The molecule has 98 valence electrons. The fraction of sp³-hybridized carbons (Fsp3) is 0.500. The average molecular weight is 245 g/mol. The van der Waals surface area contributed by atoms with Crippen LogP contribution in [0.2, 0.25) is 0 Å². The van der Waals surface area contributed by atoms with Crippen molar-refractivity contribution in [3.63, 3.8) is 0 Å². The lowest BCUT2D eigenvalue weighted by Gasteiger charge is -2.30. The predicted octanol–water partition coefficient (Wildman–Crippen LogP) is 3.28. The molecule has 1 aromatic rings. The lowest BCUT2D eigenvalue weighted by molar-refractivity contribution is 0.407. The van der Waals surface area contributed by atoms with E-state index in [0.29, 0.717) is 0 Å². The van der Waals surface area contributed by atoms with Gasteiger partial charge in [-0.15, -0.1) is 0 Å². The first kappa shape index (κ1) is 13.2. The van der Waals surface area contributed by atoms with Crippen LogP contribution in [-0.2, 0) is 5.41 Å². The molecule has 0 spiro atoms. The van der Waals surface area contributed by atoms with Gasteiger partial charge in [0.1, 0.15) is 5.75 Å². The quantitative estimate of drug-likeness (QED) is 0.613.